The molecule has 0 fully saturated rings. The first-order valence-corrected chi connectivity index (χ1v) is 10.8. The Morgan fingerprint density at radius 3 is 2.24 bits per heavy atom. The van der Waals surface area contributed by atoms with Crippen molar-refractivity contribution < 1.29 is 8.83 Å². The molecule has 33 heavy (non-hydrogen) atoms. The lowest BCUT2D eigenvalue weighted by Gasteiger charge is -2.08. The molecule has 6 rings (SSSR count). The van der Waals surface area contributed by atoms with Crippen molar-refractivity contribution >= 4 is 67.1 Å². The summed E-state index contributed by atoms with van der Waals surface area (Å²) in [6.45, 7) is 0. The van der Waals surface area contributed by atoms with E-state index in [-0.39, 0.29) is 0 Å². The number of nitrogens with two attached hydrogens (primary N) is 1. The molecule has 0 unspecified atom stereocenters. The maximum absolute atomic E-state index is 6.66. The van der Waals surface area contributed by atoms with Crippen molar-refractivity contribution in [3.63, 3.8) is 0 Å². The predicted octanol–water partition coefficient (Wildman–Crippen LogP) is 6.92. The second-order valence-electron chi connectivity index (χ2n) is 7.72. The summed E-state index contributed by atoms with van der Waals surface area (Å²) in [5.74, 6) is 0.712. The molecule has 0 aliphatic heterocycles. The van der Waals surface area contributed by atoms with E-state index >= 15 is 0 Å². The van der Waals surface area contributed by atoms with Crippen LogP contribution in [0.4, 0.5) is 0 Å². The van der Waals surface area contributed by atoms with E-state index in [2.05, 4.69) is 4.99 Å². The number of fused-ring (bicyclic) bond motifs is 6. The Bertz CT molecular complexity index is 1760. The molecule has 0 bridgehead atoms. The van der Waals surface area contributed by atoms with Gasteiger partial charge in [-0.2, -0.15) is 0 Å². The molecule has 2 aromatic heterocycles. The van der Waals surface area contributed by atoms with Crippen molar-refractivity contribution in [2.45, 2.75) is 0 Å². The summed E-state index contributed by atoms with van der Waals surface area (Å²) in [7, 11) is 1.67. The third-order valence-electron chi connectivity index (χ3n) is 5.83. The van der Waals surface area contributed by atoms with Crippen LogP contribution in [0.15, 0.2) is 97.7 Å². The lowest BCUT2D eigenvalue weighted by atomic mass is 10.0. The molecule has 0 aliphatic rings. The van der Waals surface area contributed by atoms with E-state index in [1.165, 1.54) is 0 Å². The molecule has 0 spiro atoms. The van der Waals surface area contributed by atoms with Crippen LogP contribution < -0.4 is 5.73 Å². The lowest BCUT2D eigenvalue weighted by molar-refractivity contribution is 0.668. The van der Waals surface area contributed by atoms with E-state index in [9.17, 15) is 0 Å². The largest absolute Gasteiger partial charge is 0.456 e. The van der Waals surface area contributed by atoms with Gasteiger partial charge in [0.25, 0.3) is 0 Å². The average molecular weight is 452 g/mol. The fourth-order valence-corrected chi connectivity index (χ4v) is 4.59. The summed E-state index contributed by atoms with van der Waals surface area (Å²) in [5.41, 5.74) is 10.9. The monoisotopic (exact) mass is 451 g/mol. The molecule has 0 atom stereocenters. The maximum atomic E-state index is 6.66. The van der Waals surface area contributed by atoms with Gasteiger partial charge < -0.3 is 14.6 Å². The molecule has 0 saturated heterocycles. The third-order valence-corrected chi connectivity index (χ3v) is 6.15. The molecule has 6 aromatic rings. The number of rotatable bonds is 2. The number of furan rings is 2. The molecule has 5 nitrogen and oxygen atoms in total. The number of halogens is 1. The second kappa shape index (κ2) is 7.50. The number of hydrogen-bond donors (Lipinski definition) is 1. The van der Waals surface area contributed by atoms with Crippen LogP contribution in [0, 0.1) is 0 Å². The molecule has 0 saturated carbocycles. The van der Waals surface area contributed by atoms with Gasteiger partial charge in [-0.15, -0.1) is 0 Å². The highest BCUT2D eigenvalue weighted by Crippen LogP contribution is 2.36. The first-order chi connectivity index (χ1) is 16.2. The smallest absolute Gasteiger partial charge is 0.159 e. The Morgan fingerprint density at radius 1 is 0.758 bits per heavy atom. The Balaban J connectivity index is 1.57. The summed E-state index contributed by atoms with van der Waals surface area (Å²) in [6, 6.07) is 25.2. The van der Waals surface area contributed by atoms with Gasteiger partial charge in [0.2, 0.25) is 0 Å². The van der Waals surface area contributed by atoms with Crippen molar-refractivity contribution in [1.82, 2.24) is 0 Å². The molecule has 0 radical (unpaired) electrons. The van der Waals surface area contributed by atoms with E-state index in [1.807, 2.05) is 72.8 Å². The minimum Gasteiger partial charge on any atom is -0.456 e. The van der Waals surface area contributed by atoms with Crippen LogP contribution in [0.3, 0.4) is 0 Å². The van der Waals surface area contributed by atoms with Crippen LogP contribution in [-0.4, -0.2) is 18.7 Å². The van der Waals surface area contributed by atoms with Crippen molar-refractivity contribution in [3.05, 3.63) is 95.0 Å². The number of para-hydroxylation sites is 3. The van der Waals surface area contributed by atoms with E-state index in [0.29, 0.717) is 39.0 Å². The van der Waals surface area contributed by atoms with Gasteiger partial charge in [0.05, 0.1) is 10.6 Å². The van der Waals surface area contributed by atoms with Gasteiger partial charge >= 0.3 is 0 Å². The van der Waals surface area contributed by atoms with Crippen molar-refractivity contribution in [1.29, 1.82) is 0 Å². The normalized spacial score (nSPS) is 13.0. The second-order valence-corrected chi connectivity index (χ2v) is 8.13. The quantitative estimate of drug-likeness (QED) is 0.229. The van der Waals surface area contributed by atoms with Crippen LogP contribution in [0.1, 0.15) is 11.1 Å². The predicted molar refractivity (Wildman–Crippen MR) is 136 cm³/mol. The number of amidine groups is 2. The SMILES string of the molecule is CN=C(N=C(N)c1cccc2c1oc1ccccc12)c1c(Cl)ccc2oc3ccccc3c12. The summed E-state index contributed by atoms with van der Waals surface area (Å²) in [6.07, 6.45) is 0. The van der Waals surface area contributed by atoms with E-state index in [4.69, 9.17) is 31.2 Å². The summed E-state index contributed by atoms with van der Waals surface area (Å²) in [4.78, 5) is 9.15. The summed E-state index contributed by atoms with van der Waals surface area (Å²) >= 11 is 6.66. The fourth-order valence-electron chi connectivity index (χ4n) is 4.35. The molecule has 2 N–H and O–H groups in total. The van der Waals surface area contributed by atoms with Gasteiger partial charge in [0, 0.05) is 34.2 Å². The zero-order chi connectivity index (χ0) is 22.5. The standard InChI is InChI=1S/C27H18ClN3O2/c1-30-27(24-19(28)13-14-22-23(24)17-8-3-5-12-21(17)32-22)31-26(29)18-10-6-9-16-15-7-2-4-11-20(15)33-25(16)18/h2-14H,1H3,(H2,29,30,31). The molecular weight excluding hydrogens is 434 g/mol. The van der Waals surface area contributed by atoms with Gasteiger partial charge in [-0.05, 0) is 30.3 Å². The van der Waals surface area contributed by atoms with Gasteiger partial charge in [-0.25, -0.2) is 4.99 Å². The summed E-state index contributed by atoms with van der Waals surface area (Å²) in [5, 5.41) is 4.34. The van der Waals surface area contributed by atoms with Crippen molar-refractivity contribution in [2.24, 2.45) is 15.7 Å². The van der Waals surface area contributed by atoms with Crippen molar-refractivity contribution in [2.75, 3.05) is 7.05 Å². The average Bonchev–Trinajstić information content (AvgIpc) is 3.41. The molecule has 160 valence electrons. The number of hydrogen-bond acceptors (Lipinski definition) is 3. The number of aliphatic imine (C=N–C) groups is 2. The fraction of sp³-hybridized carbons (Fsp3) is 0.0370. The minimum atomic E-state index is 0.293. The highest BCUT2D eigenvalue weighted by atomic mass is 35.5. The van der Waals surface area contributed by atoms with E-state index in [0.717, 1.165) is 32.7 Å². The molecule has 0 amide bonds. The Kier molecular flexibility index (Phi) is 4.45. The lowest BCUT2D eigenvalue weighted by Crippen LogP contribution is -2.17. The Morgan fingerprint density at radius 2 is 1.45 bits per heavy atom. The van der Waals surface area contributed by atoms with Crippen LogP contribution in [0.5, 0.6) is 0 Å². The maximum Gasteiger partial charge on any atom is 0.159 e. The highest BCUT2D eigenvalue weighted by Gasteiger charge is 2.19. The first-order valence-electron chi connectivity index (χ1n) is 10.5. The van der Waals surface area contributed by atoms with Gasteiger partial charge in [0.1, 0.15) is 28.2 Å². The zero-order valence-electron chi connectivity index (χ0n) is 17.7. The summed E-state index contributed by atoms with van der Waals surface area (Å²) < 4.78 is 12.1. The zero-order valence-corrected chi connectivity index (χ0v) is 18.4. The topological polar surface area (TPSA) is 77.0 Å². The molecular formula is C27H18ClN3O2. The van der Waals surface area contributed by atoms with Crippen LogP contribution in [0.25, 0.3) is 43.9 Å². The Hall–Kier alpha value is -4.09. The van der Waals surface area contributed by atoms with Crippen molar-refractivity contribution in [3.8, 4) is 0 Å². The first kappa shape index (κ1) is 19.6. The minimum absolute atomic E-state index is 0.293. The van der Waals surface area contributed by atoms with Crippen LogP contribution in [0.2, 0.25) is 5.02 Å². The third kappa shape index (κ3) is 3.01. The van der Waals surface area contributed by atoms with E-state index in [1.54, 1.807) is 13.1 Å². The Labute approximate surface area is 193 Å². The van der Waals surface area contributed by atoms with Gasteiger partial charge in [-0.1, -0.05) is 60.1 Å². The molecule has 2 heterocycles. The van der Waals surface area contributed by atoms with Crippen LogP contribution in [-0.2, 0) is 0 Å². The van der Waals surface area contributed by atoms with Gasteiger partial charge in [0.15, 0.2) is 5.84 Å². The van der Waals surface area contributed by atoms with Crippen LogP contribution >= 0.6 is 11.6 Å². The number of nitrogens with zero attached hydrogens (tertiary/aromatic N) is 2. The van der Waals surface area contributed by atoms with Gasteiger partial charge in [-0.3, -0.25) is 4.99 Å². The highest BCUT2D eigenvalue weighted by molar-refractivity contribution is 6.37. The molecule has 0 aliphatic carbocycles. The molecule has 4 aromatic carbocycles. The molecule has 6 heteroatoms. The number of benzene rings is 4. The van der Waals surface area contributed by atoms with E-state index < -0.39 is 0 Å².